The Morgan fingerprint density at radius 1 is 0.581 bits per heavy atom. The first-order valence-corrected chi connectivity index (χ1v) is 10.4. The maximum Gasteiger partial charge on any atom is 0.161 e. The van der Waals surface area contributed by atoms with Gasteiger partial charge < -0.3 is 33.6 Å². The molecule has 8 nitrogen and oxygen atoms in total. The molecule has 1 aliphatic heterocycles. The second-order valence-electron chi connectivity index (χ2n) is 6.62. The minimum absolute atomic E-state index is 0.344. The smallest absolute Gasteiger partial charge is 0.161 e. The van der Waals surface area contributed by atoms with Gasteiger partial charge in [-0.15, -0.1) is 0 Å². The lowest BCUT2D eigenvalue weighted by Crippen LogP contribution is -2.16. The Morgan fingerprint density at radius 2 is 1.10 bits per heavy atom. The summed E-state index contributed by atoms with van der Waals surface area (Å²) in [7, 11) is 0. The molecule has 0 spiro atoms. The zero-order valence-corrected chi connectivity index (χ0v) is 17.5. The van der Waals surface area contributed by atoms with Crippen molar-refractivity contribution in [2.45, 2.75) is 0 Å². The molecular weight excluding hydrogens is 402 g/mol. The van der Waals surface area contributed by atoms with Crippen molar-refractivity contribution in [2.75, 3.05) is 66.1 Å². The van der Waals surface area contributed by atoms with Crippen molar-refractivity contribution in [3.05, 3.63) is 59.7 Å². The van der Waals surface area contributed by atoms with Gasteiger partial charge in [0.25, 0.3) is 0 Å². The van der Waals surface area contributed by atoms with Gasteiger partial charge in [-0.3, -0.25) is 0 Å². The highest BCUT2D eigenvalue weighted by Crippen LogP contribution is 2.29. The first-order chi connectivity index (χ1) is 15.4. The number of hydrogen-bond donors (Lipinski definition) is 1. The number of nitrogens with zero attached hydrogens (tertiary/aromatic N) is 1. The molecule has 0 saturated heterocycles. The molecule has 8 heteroatoms. The summed E-state index contributed by atoms with van der Waals surface area (Å²) in [5, 5.41) is 13.1. The second kappa shape index (κ2) is 13.6. The second-order valence-corrected chi connectivity index (χ2v) is 6.62. The Labute approximate surface area is 182 Å². The fourth-order valence-electron chi connectivity index (χ4n) is 2.95. The predicted molar refractivity (Wildman–Crippen MR) is 115 cm³/mol. The van der Waals surface area contributed by atoms with Crippen LogP contribution in [0.4, 0.5) is 0 Å². The highest BCUT2D eigenvalue weighted by molar-refractivity contribution is 6.12. The summed E-state index contributed by atoms with van der Waals surface area (Å²) >= 11 is 0. The van der Waals surface area contributed by atoms with E-state index in [1.54, 1.807) is 12.1 Å². The van der Waals surface area contributed by atoms with E-state index in [1.165, 1.54) is 0 Å². The van der Waals surface area contributed by atoms with E-state index in [0.29, 0.717) is 88.8 Å². The van der Waals surface area contributed by atoms with E-state index in [9.17, 15) is 5.21 Å². The fraction of sp³-hybridized carbons (Fsp3) is 0.435. The Hall–Kier alpha value is -2.65. The van der Waals surface area contributed by atoms with Gasteiger partial charge in [-0.1, -0.05) is 35.5 Å². The third-order valence-electron chi connectivity index (χ3n) is 4.45. The van der Waals surface area contributed by atoms with Gasteiger partial charge >= 0.3 is 0 Å². The summed E-state index contributed by atoms with van der Waals surface area (Å²) in [6.07, 6.45) is 0. The largest absolute Gasteiger partial charge is 0.487 e. The quantitative estimate of drug-likeness (QED) is 0.444. The Kier molecular flexibility index (Phi) is 10.1. The van der Waals surface area contributed by atoms with Crippen LogP contribution in [0.5, 0.6) is 11.5 Å². The molecular formula is C23H29NO7. The van der Waals surface area contributed by atoms with E-state index in [1.807, 2.05) is 36.4 Å². The van der Waals surface area contributed by atoms with Gasteiger partial charge in [0.05, 0.1) is 52.9 Å². The van der Waals surface area contributed by atoms with Crippen LogP contribution in [0.2, 0.25) is 0 Å². The standard InChI is InChI=1S/C23H29NO7/c25-24-23(19-4-2-1-3-5-19)20-6-7-21-22(18-20)31-17-15-29-13-11-27-9-8-26-10-12-28-14-16-30-21/h1-7,18,25H,8-17H2. The fourth-order valence-corrected chi connectivity index (χ4v) is 2.95. The topological polar surface area (TPSA) is 88.0 Å². The molecule has 2 aromatic carbocycles. The van der Waals surface area contributed by atoms with Crippen LogP contribution in [-0.4, -0.2) is 77.0 Å². The summed E-state index contributed by atoms with van der Waals surface area (Å²) < 4.78 is 33.7. The number of benzene rings is 2. The van der Waals surface area contributed by atoms with Gasteiger partial charge in [0, 0.05) is 11.1 Å². The van der Waals surface area contributed by atoms with Gasteiger partial charge in [-0.2, -0.15) is 0 Å². The lowest BCUT2D eigenvalue weighted by Gasteiger charge is -2.15. The summed E-state index contributed by atoms with van der Waals surface area (Å²) in [6.45, 7) is 4.57. The van der Waals surface area contributed by atoms with E-state index in [4.69, 9.17) is 28.4 Å². The summed E-state index contributed by atoms with van der Waals surface area (Å²) in [4.78, 5) is 0. The normalized spacial score (nSPS) is 18.0. The molecule has 1 aliphatic rings. The van der Waals surface area contributed by atoms with Crippen LogP contribution in [0.1, 0.15) is 11.1 Å². The molecule has 3 rings (SSSR count). The number of ether oxygens (including phenoxy) is 6. The van der Waals surface area contributed by atoms with Crippen molar-refractivity contribution >= 4 is 5.71 Å². The minimum atomic E-state index is 0.344. The molecule has 0 unspecified atom stereocenters. The van der Waals surface area contributed by atoms with Gasteiger partial charge in [0.1, 0.15) is 18.9 Å². The summed E-state index contributed by atoms with van der Waals surface area (Å²) in [6, 6.07) is 14.9. The average molecular weight is 431 g/mol. The van der Waals surface area contributed by atoms with E-state index < -0.39 is 0 Å². The van der Waals surface area contributed by atoms with Crippen LogP contribution in [-0.2, 0) is 18.9 Å². The van der Waals surface area contributed by atoms with Crippen molar-refractivity contribution in [3.8, 4) is 11.5 Å². The van der Waals surface area contributed by atoms with Gasteiger partial charge in [0.15, 0.2) is 11.5 Å². The molecule has 0 amide bonds. The third kappa shape index (κ3) is 7.84. The Balaban J connectivity index is 1.70. The molecule has 31 heavy (non-hydrogen) atoms. The molecule has 1 N–H and O–H groups in total. The number of oxime groups is 1. The zero-order valence-electron chi connectivity index (χ0n) is 17.5. The van der Waals surface area contributed by atoms with Crippen LogP contribution >= 0.6 is 0 Å². The van der Waals surface area contributed by atoms with Crippen LogP contribution in [0.3, 0.4) is 0 Å². The van der Waals surface area contributed by atoms with Crippen molar-refractivity contribution in [1.82, 2.24) is 0 Å². The van der Waals surface area contributed by atoms with E-state index in [2.05, 4.69) is 5.16 Å². The van der Waals surface area contributed by atoms with Crippen molar-refractivity contribution in [2.24, 2.45) is 5.16 Å². The molecule has 2 aromatic rings. The summed E-state index contributed by atoms with van der Waals surface area (Å²) in [5.74, 6) is 1.12. The zero-order chi connectivity index (χ0) is 21.6. The molecule has 0 radical (unpaired) electrons. The average Bonchev–Trinajstić information content (AvgIpc) is 2.80. The van der Waals surface area contributed by atoms with Crippen molar-refractivity contribution in [3.63, 3.8) is 0 Å². The number of hydrogen-bond acceptors (Lipinski definition) is 8. The molecule has 0 bridgehead atoms. The van der Waals surface area contributed by atoms with E-state index in [-0.39, 0.29) is 0 Å². The predicted octanol–water partition coefficient (Wildman–Crippen LogP) is 2.75. The third-order valence-corrected chi connectivity index (χ3v) is 4.45. The first kappa shape index (κ1) is 23.0. The SMILES string of the molecule is ON=C(c1ccccc1)c1ccc2c(c1)OCCOCCOCCOCCOCCO2. The van der Waals surface area contributed by atoms with E-state index >= 15 is 0 Å². The maximum absolute atomic E-state index is 9.60. The van der Waals surface area contributed by atoms with E-state index in [0.717, 1.165) is 5.56 Å². The lowest BCUT2D eigenvalue weighted by atomic mass is 10.0. The Bertz CT molecular complexity index is 798. The molecule has 0 atom stereocenters. The van der Waals surface area contributed by atoms with Gasteiger partial charge in [0.2, 0.25) is 0 Å². The van der Waals surface area contributed by atoms with Crippen LogP contribution < -0.4 is 9.47 Å². The minimum Gasteiger partial charge on any atom is -0.487 e. The monoisotopic (exact) mass is 431 g/mol. The van der Waals surface area contributed by atoms with Crippen LogP contribution in [0, 0.1) is 0 Å². The number of rotatable bonds is 2. The summed E-state index contributed by atoms with van der Waals surface area (Å²) in [5.41, 5.74) is 1.95. The molecule has 0 fully saturated rings. The molecule has 1 heterocycles. The van der Waals surface area contributed by atoms with Crippen molar-refractivity contribution < 1.29 is 33.6 Å². The van der Waals surface area contributed by atoms with Gasteiger partial charge in [-0.05, 0) is 18.2 Å². The molecule has 0 aliphatic carbocycles. The molecule has 0 saturated carbocycles. The molecule has 0 aromatic heterocycles. The van der Waals surface area contributed by atoms with Gasteiger partial charge in [-0.25, -0.2) is 0 Å². The van der Waals surface area contributed by atoms with Crippen LogP contribution in [0.15, 0.2) is 53.7 Å². The molecule has 168 valence electrons. The lowest BCUT2D eigenvalue weighted by molar-refractivity contribution is -0.00841. The first-order valence-electron chi connectivity index (χ1n) is 10.4. The highest BCUT2D eigenvalue weighted by Gasteiger charge is 2.13. The van der Waals surface area contributed by atoms with Crippen molar-refractivity contribution in [1.29, 1.82) is 0 Å². The Morgan fingerprint density at radius 3 is 1.65 bits per heavy atom. The van der Waals surface area contributed by atoms with Crippen LogP contribution in [0.25, 0.3) is 0 Å². The maximum atomic E-state index is 9.60. The highest BCUT2D eigenvalue weighted by atomic mass is 16.6. The number of fused-ring (bicyclic) bond motifs is 1.